The summed E-state index contributed by atoms with van der Waals surface area (Å²) in [5, 5.41) is 8.10. The Morgan fingerprint density at radius 3 is 2.88 bits per heavy atom. The molecule has 1 saturated heterocycles. The van der Waals surface area contributed by atoms with Crippen molar-refractivity contribution >= 4 is 23.3 Å². The predicted octanol–water partition coefficient (Wildman–Crippen LogP) is 2.37. The smallest absolute Gasteiger partial charge is 0.246 e. The molecule has 1 aliphatic carbocycles. The van der Waals surface area contributed by atoms with Crippen LogP contribution in [0.3, 0.4) is 0 Å². The number of carbonyl (C=O) groups is 1. The van der Waals surface area contributed by atoms with E-state index in [1.54, 1.807) is 17.4 Å². The van der Waals surface area contributed by atoms with E-state index in [9.17, 15) is 4.79 Å². The highest BCUT2D eigenvalue weighted by Gasteiger charge is 2.30. The highest BCUT2D eigenvalue weighted by molar-refractivity contribution is 7.08. The van der Waals surface area contributed by atoms with E-state index in [0.717, 1.165) is 43.5 Å². The molecule has 0 unspecified atom stereocenters. The molecule has 2 fully saturated rings. The molecule has 2 aromatic heterocycles. The van der Waals surface area contributed by atoms with Crippen molar-refractivity contribution in [2.45, 2.75) is 25.3 Å². The van der Waals surface area contributed by atoms with E-state index in [4.69, 9.17) is 4.52 Å². The van der Waals surface area contributed by atoms with Crippen LogP contribution < -0.4 is 0 Å². The summed E-state index contributed by atoms with van der Waals surface area (Å²) < 4.78 is 5.30. The summed E-state index contributed by atoms with van der Waals surface area (Å²) in [6.45, 7) is 3.85. The molecule has 0 bridgehead atoms. The molecule has 3 heterocycles. The minimum Gasteiger partial charge on any atom is -0.339 e. The molecule has 6 nitrogen and oxygen atoms in total. The van der Waals surface area contributed by atoms with Gasteiger partial charge in [0.2, 0.25) is 11.8 Å². The average Bonchev–Trinajstić information content (AvgIpc) is 3.13. The third-order valence-electron chi connectivity index (χ3n) is 4.42. The Bertz CT molecular complexity index is 713. The van der Waals surface area contributed by atoms with Gasteiger partial charge in [-0.15, -0.1) is 0 Å². The first-order valence-corrected chi connectivity index (χ1v) is 9.26. The van der Waals surface area contributed by atoms with E-state index < -0.39 is 0 Å². The Kier molecular flexibility index (Phi) is 4.44. The third kappa shape index (κ3) is 3.73. The SMILES string of the molecule is O=C(/C=C/c1ccsc1)N1CCN(Cc2noc(C3CC3)n2)CC1. The zero-order valence-electron chi connectivity index (χ0n) is 13.4. The van der Waals surface area contributed by atoms with E-state index in [2.05, 4.69) is 15.0 Å². The molecule has 0 aromatic carbocycles. The van der Waals surface area contributed by atoms with Crippen molar-refractivity contribution in [3.8, 4) is 0 Å². The topological polar surface area (TPSA) is 62.5 Å². The maximum atomic E-state index is 12.2. The van der Waals surface area contributed by atoms with E-state index in [-0.39, 0.29) is 5.91 Å². The molecule has 0 atom stereocenters. The lowest BCUT2D eigenvalue weighted by Gasteiger charge is -2.33. The zero-order chi connectivity index (χ0) is 16.4. The molecule has 0 radical (unpaired) electrons. The average molecular weight is 344 g/mol. The van der Waals surface area contributed by atoms with Gasteiger partial charge >= 0.3 is 0 Å². The van der Waals surface area contributed by atoms with Crippen molar-refractivity contribution in [2.24, 2.45) is 0 Å². The lowest BCUT2D eigenvalue weighted by Crippen LogP contribution is -2.47. The van der Waals surface area contributed by atoms with Crippen LogP contribution in [0.2, 0.25) is 0 Å². The number of hydrogen-bond donors (Lipinski definition) is 0. The van der Waals surface area contributed by atoms with Crippen LogP contribution in [0.15, 0.2) is 27.4 Å². The monoisotopic (exact) mass is 344 g/mol. The number of rotatable bonds is 5. The van der Waals surface area contributed by atoms with Crippen molar-refractivity contribution in [3.63, 3.8) is 0 Å². The number of amides is 1. The first-order valence-electron chi connectivity index (χ1n) is 8.32. The van der Waals surface area contributed by atoms with E-state index in [0.29, 0.717) is 12.5 Å². The summed E-state index contributed by atoms with van der Waals surface area (Å²) in [4.78, 5) is 20.9. The Balaban J connectivity index is 1.25. The van der Waals surface area contributed by atoms with E-state index in [1.165, 1.54) is 12.8 Å². The molecular formula is C17H20N4O2S. The second-order valence-corrected chi connectivity index (χ2v) is 7.09. The van der Waals surface area contributed by atoms with Gasteiger partial charge in [-0.2, -0.15) is 16.3 Å². The summed E-state index contributed by atoms with van der Waals surface area (Å²) in [5.41, 5.74) is 1.08. The highest BCUT2D eigenvalue weighted by atomic mass is 32.1. The van der Waals surface area contributed by atoms with Crippen LogP contribution >= 0.6 is 11.3 Å². The second-order valence-electron chi connectivity index (χ2n) is 6.31. The van der Waals surface area contributed by atoms with Gasteiger partial charge in [-0.3, -0.25) is 9.69 Å². The molecule has 126 valence electrons. The van der Waals surface area contributed by atoms with Crippen molar-refractivity contribution in [3.05, 3.63) is 40.2 Å². The fourth-order valence-corrected chi connectivity index (χ4v) is 3.43. The van der Waals surface area contributed by atoms with Crippen LogP contribution in [0.25, 0.3) is 6.08 Å². The zero-order valence-corrected chi connectivity index (χ0v) is 14.2. The predicted molar refractivity (Wildman–Crippen MR) is 91.5 cm³/mol. The van der Waals surface area contributed by atoms with Crippen LogP contribution in [-0.4, -0.2) is 52.0 Å². The molecule has 1 aliphatic heterocycles. The fourth-order valence-electron chi connectivity index (χ4n) is 2.80. The maximum absolute atomic E-state index is 12.2. The summed E-state index contributed by atoms with van der Waals surface area (Å²) in [6, 6.07) is 2.01. The minimum absolute atomic E-state index is 0.0800. The van der Waals surface area contributed by atoms with E-state index in [1.807, 2.05) is 27.8 Å². The third-order valence-corrected chi connectivity index (χ3v) is 5.12. The Hall–Kier alpha value is -1.99. The summed E-state index contributed by atoms with van der Waals surface area (Å²) in [5.74, 6) is 2.12. The second kappa shape index (κ2) is 6.86. The number of nitrogens with zero attached hydrogens (tertiary/aromatic N) is 4. The van der Waals surface area contributed by atoms with Crippen LogP contribution in [-0.2, 0) is 11.3 Å². The van der Waals surface area contributed by atoms with Gasteiger partial charge < -0.3 is 9.42 Å². The largest absolute Gasteiger partial charge is 0.339 e. The molecule has 2 aromatic rings. The standard InChI is InChI=1S/C17H20N4O2S/c22-16(4-1-13-5-10-24-12-13)21-8-6-20(7-9-21)11-15-18-17(23-19-15)14-2-3-14/h1,4-5,10,12,14H,2-3,6-9,11H2/b4-1+. The number of hydrogen-bond acceptors (Lipinski definition) is 6. The first-order chi connectivity index (χ1) is 11.8. The van der Waals surface area contributed by atoms with Crippen molar-refractivity contribution in [1.29, 1.82) is 0 Å². The number of piperazine rings is 1. The normalized spacial score (nSPS) is 19.2. The summed E-state index contributed by atoms with van der Waals surface area (Å²) in [6.07, 6.45) is 5.88. The molecular weight excluding hydrogens is 324 g/mol. The van der Waals surface area contributed by atoms with Gasteiger partial charge in [-0.05, 0) is 41.3 Å². The summed E-state index contributed by atoms with van der Waals surface area (Å²) in [7, 11) is 0. The van der Waals surface area contributed by atoms with Crippen molar-refractivity contribution in [2.75, 3.05) is 26.2 Å². The van der Waals surface area contributed by atoms with Gasteiger partial charge in [0.25, 0.3) is 0 Å². The molecule has 1 saturated carbocycles. The Morgan fingerprint density at radius 1 is 1.33 bits per heavy atom. The molecule has 0 spiro atoms. The lowest BCUT2D eigenvalue weighted by atomic mass is 10.2. The van der Waals surface area contributed by atoms with Gasteiger partial charge in [0.15, 0.2) is 5.82 Å². The first kappa shape index (κ1) is 15.5. The van der Waals surface area contributed by atoms with Crippen molar-refractivity contribution in [1.82, 2.24) is 19.9 Å². The summed E-state index contributed by atoms with van der Waals surface area (Å²) >= 11 is 1.63. The van der Waals surface area contributed by atoms with Gasteiger partial charge in [0, 0.05) is 38.2 Å². The fraction of sp³-hybridized carbons (Fsp3) is 0.471. The van der Waals surface area contributed by atoms with Crippen LogP contribution in [0.5, 0.6) is 0 Å². The van der Waals surface area contributed by atoms with E-state index >= 15 is 0 Å². The van der Waals surface area contributed by atoms with Gasteiger partial charge in [0.1, 0.15) is 0 Å². The lowest BCUT2D eigenvalue weighted by molar-refractivity contribution is -0.127. The molecule has 1 amide bonds. The number of carbonyl (C=O) groups excluding carboxylic acids is 1. The maximum Gasteiger partial charge on any atom is 0.246 e. The molecule has 0 N–H and O–H groups in total. The molecule has 24 heavy (non-hydrogen) atoms. The molecule has 7 heteroatoms. The molecule has 2 aliphatic rings. The van der Waals surface area contributed by atoms with Gasteiger partial charge in [-0.1, -0.05) is 5.16 Å². The quantitative estimate of drug-likeness (QED) is 0.779. The Labute approximate surface area is 144 Å². The molecule has 4 rings (SSSR count). The number of aromatic nitrogens is 2. The number of thiophene rings is 1. The van der Waals surface area contributed by atoms with Crippen LogP contribution in [0.4, 0.5) is 0 Å². The van der Waals surface area contributed by atoms with Crippen LogP contribution in [0.1, 0.15) is 36.0 Å². The van der Waals surface area contributed by atoms with Crippen LogP contribution in [0, 0.1) is 0 Å². The van der Waals surface area contributed by atoms with Gasteiger partial charge in [-0.25, -0.2) is 0 Å². The van der Waals surface area contributed by atoms with Gasteiger partial charge in [0.05, 0.1) is 6.54 Å². The Morgan fingerprint density at radius 2 is 2.17 bits per heavy atom. The minimum atomic E-state index is 0.0800. The van der Waals surface area contributed by atoms with Crippen molar-refractivity contribution < 1.29 is 9.32 Å². The highest BCUT2D eigenvalue weighted by Crippen LogP contribution is 2.38.